The van der Waals surface area contributed by atoms with Gasteiger partial charge in [-0.15, -0.1) is 0 Å². The molecular formula is C9H18N2O3. The number of unbranched alkanes of at least 4 members (excludes halogenated alkanes) is 3. The van der Waals surface area contributed by atoms with Crippen molar-refractivity contribution in [2.45, 2.75) is 39.0 Å². The molecule has 0 heterocycles. The van der Waals surface area contributed by atoms with Gasteiger partial charge in [0, 0.05) is 13.5 Å². The second kappa shape index (κ2) is 7.17. The third-order valence-electron chi connectivity index (χ3n) is 1.84. The molecule has 0 spiro atoms. The number of carbonyl (C=O) groups excluding carboxylic acids is 1. The van der Waals surface area contributed by atoms with Crippen LogP contribution in [0.3, 0.4) is 0 Å². The molecule has 2 amide bonds. The van der Waals surface area contributed by atoms with Crippen molar-refractivity contribution in [3.63, 3.8) is 0 Å². The van der Waals surface area contributed by atoms with E-state index in [2.05, 4.69) is 12.3 Å². The Morgan fingerprint density at radius 2 is 1.93 bits per heavy atom. The Bertz CT molecular complexity index is 194. The van der Waals surface area contributed by atoms with Gasteiger partial charge in [-0.1, -0.05) is 26.2 Å². The van der Waals surface area contributed by atoms with Gasteiger partial charge >= 0.3 is 6.09 Å². The summed E-state index contributed by atoms with van der Waals surface area (Å²) < 4.78 is 0. The molecule has 0 aliphatic rings. The molecule has 82 valence electrons. The molecule has 0 fully saturated rings. The Morgan fingerprint density at radius 1 is 1.29 bits per heavy atom. The molecule has 0 atom stereocenters. The highest BCUT2D eigenvalue weighted by Crippen LogP contribution is 2.01. The summed E-state index contributed by atoms with van der Waals surface area (Å²) in [4.78, 5) is 21.4. The average Bonchev–Trinajstić information content (AvgIpc) is 2.12. The quantitative estimate of drug-likeness (QED) is 0.525. The Hall–Kier alpha value is -1.26. The zero-order chi connectivity index (χ0) is 11.0. The fourth-order valence-electron chi connectivity index (χ4n) is 1.00. The molecule has 0 saturated carbocycles. The molecule has 0 aromatic rings. The lowest BCUT2D eigenvalue weighted by Crippen LogP contribution is -2.42. The minimum absolute atomic E-state index is 0.244. The lowest BCUT2D eigenvalue weighted by Gasteiger charge is -2.13. The maximum absolute atomic E-state index is 11.1. The highest BCUT2D eigenvalue weighted by Gasteiger charge is 2.08. The van der Waals surface area contributed by atoms with Crippen LogP contribution >= 0.6 is 0 Å². The summed E-state index contributed by atoms with van der Waals surface area (Å²) in [5.74, 6) is -0.244. The summed E-state index contributed by atoms with van der Waals surface area (Å²) in [7, 11) is 1.30. The van der Waals surface area contributed by atoms with Gasteiger partial charge in [0.05, 0.1) is 0 Å². The van der Waals surface area contributed by atoms with Crippen molar-refractivity contribution in [1.29, 1.82) is 0 Å². The molecule has 2 N–H and O–H groups in total. The summed E-state index contributed by atoms with van der Waals surface area (Å²) in [6.07, 6.45) is 3.29. The first-order valence-electron chi connectivity index (χ1n) is 4.84. The lowest BCUT2D eigenvalue weighted by atomic mass is 10.1. The molecule has 0 radical (unpaired) electrons. The summed E-state index contributed by atoms with van der Waals surface area (Å²) in [6.45, 7) is 2.10. The third kappa shape index (κ3) is 6.28. The van der Waals surface area contributed by atoms with E-state index in [1.807, 2.05) is 0 Å². The van der Waals surface area contributed by atoms with Crippen LogP contribution in [0.1, 0.15) is 39.0 Å². The Kier molecular flexibility index (Phi) is 6.53. The topological polar surface area (TPSA) is 69.6 Å². The van der Waals surface area contributed by atoms with Crippen LogP contribution < -0.4 is 5.43 Å². The van der Waals surface area contributed by atoms with E-state index in [0.717, 1.165) is 30.7 Å². The molecule has 0 aliphatic heterocycles. The van der Waals surface area contributed by atoms with E-state index in [-0.39, 0.29) is 5.91 Å². The first kappa shape index (κ1) is 12.7. The van der Waals surface area contributed by atoms with Crippen molar-refractivity contribution >= 4 is 12.0 Å². The largest absolute Gasteiger partial charge is 0.464 e. The van der Waals surface area contributed by atoms with Crippen LogP contribution in [0.25, 0.3) is 0 Å². The van der Waals surface area contributed by atoms with E-state index < -0.39 is 6.09 Å². The van der Waals surface area contributed by atoms with E-state index in [1.54, 1.807) is 0 Å². The van der Waals surface area contributed by atoms with Gasteiger partial charge in [0.15, 0.2) is 0 Å². The highest BCUT2D eigenvalue weighted by atomic mass is 16.4. The summed E-state index contributed by atoms with van der Waals surface area (Å²) in [6, 6.07) is 0. The van der Waals surface area contributed by atoms with E-state index in [4.69, 9.17) is 5.11 Å². The highest BCUT2D eigenvalue weighted by molar-refractivity contribution is 5.78. The second-order valence-corrected chi connectivity index (χ2v) is 3.19. The smallest absolute Gasteiger partial charge is 0.425 e. The second-order valence-electron chi connectivity index (χ2n) is 3.19. The lowest BCUT2D eigenvalue weighted by molar-refractivity contribution is -0.124. The Balaban J connectivity index is 3.50. The molecule has 0 unspecified atom stereocenters. The van der Waals surface area contributed by atoms with Crippen LogP contribution in [0.15, 0.2) is 0 Å². The Morgan fingerprint density at radius 3 is 2.43 bits per heavy atom. The molecule has 0 rings (SSSR count). The fourth-order valence-corrected chi connectivity index (χ4v) is 1.00. The number of nitrogens with zero attached hydrogens (tertiary/aromatic N) is 1. The van der Waals surface area contributed by atoms with Crippen LogP contribution in [0.4, 0.5) is 4.79 Å². The number of hydrogen-bond donors (Lipinski definition) is 2. The van der Waals surface area contributed by atoms with Gasteiger partial charge in [-0.3, -0.25) is 10.2 Å². The van der Waals surface area contributed by atoms with Crippen molar-refractivity contribution in [2.24, 2.45) is 0 Å². The molecule has 0 aliphatic carbocycles. The molecule has 0 saturated heterocycles. The van der Waals surface area contributed by atoms with Crippen LogP contribution in [-0.4, -0.2) is 29.2 Å². The minimum atomic E-state index is -1.16. The Labute approximate surface area is 84.1 Å². The predicted octanol–water partition coefficient (Wildman–Crippen LogP) is 1.60. The first-order valence-corrected chi connectivity index (χ1v) is 4.84. The van der Waals surface area contributed by atoms with Crippen molar-refractivity contribution in [3.05, 3.63) is 0 Å². The number of nitrogens with one attached hydrogen (secondary N) is 1. The van der Waals surface area contributed by atoms with Gasteiger partial charge in [-0.2, -0.15) is 0 Å². The predicted molar refractivity (Wildman–Crippen MR) is 52.7 cm³/mol. The number of hydrazine groups is 1. The van der Waals surface area contributed by atoms with Gasteiger partial charge in [-0.05, 0) is 6.42 Å². The maximum atomic E-state index is 11.1. The molecule has 0 bridgehead atoms. The molecule has 14 heavy (non-hydrogen) atoms. The zero-order valence-corrected chi connectivity index (χ0v) is 8.75. The van der Waals surface area contributed by atoms with E-state index in [9.17, 15) is 9.59 Å². The van der Waals surface area contributed by atoms with Gasteiger partial charge in [0.1, 0.15) is 0 Å². The van der Waals surface area contributed by atoms with Crippen LogP contribution in [0, 0.1) is 0 Å². The van der Waals surface area contributed by atoms with Crippen molar-refractivity contribution in [3.8, 4) is 0 Å². The zero-order valence-electron chi connectivity index (χ0n) is 8.75. The number of rotatable bonds is 5. The van der Waals surface area contributed by atoms with E-state index in [1.165, 1.54) is 7.05 Å². The van der Waals surface area contributed by atoms with Crippen molar-refractivity contribution in [2.75, 3.05) is 7.05 Å². The third-order valence-corrected chi connectivity index (χ3v) is 1.84. The van der Waals surface area contributed by atoms with Gasteiger partial charge in [-0.25, -0.2) is 9.80 Å². The molecule has 0 aromatic heterocycles. The number of carbonyl (C=O) groups is 2. The van der Waals surface area contributed by atoms with Crippen LogP contribution in [0.5, 0.6) is 0 Å². The molecule has 5 nitrogen and oxygen atoms in total. The number of carboxylic acid groups (broad SMARTS) is 1. The molecule has 5 heteroatoms. The first-order chi connectivity index (χ1) is 6.57. The van der Waals surface area contributed by atoms with Gasteiger partial charge in [0.2, 0.25) is 5.91 Å². The fraction of sp³-hybridized carbons (Fsp3) is 0.778. The molecular weight excluding hydrogens is 184 g/mol. The van der Waals surface area contributed by atoms with E-state index >= 15 is 0 Å². The summed E-state index contributed by atoms with van der Waals surface area (Å²) >= 11 is 0. The van der Waals surface area contributed by atoms with Crippen LogP contribution in [0.2, 0.25) is 0 Å². The normalized spacial score (nSPS) is 9.57. The summed E-state index contributed by atoms with van der Waals surface area (Å²) in [5.41, 5.74) is 2.25. The maximum Gasteiger partial charge on any atom is 0.425 e. The average molecular weight is 202 g/mol. The van der Waals surface area contributed by atoms with Gasteiger partial charge < -0.3 is 5.11 Å². The molecule has 0 aromatic carbocycles. The van der Waals surface area contributed by atoms with Crippen molar-refractivity contribution < 1.29 is 14.7 Å². The number of hydrogen-bond acceptors (Lipinski definition) is 2. The van der Waals surface area contributed by atoms with Crippen LogP contribution in [-0.2, 0) is 4.79 Å². The SMILES string of the molecule is CCCCCCC(=O)NN(C)C(=O)O. The summed E-state index contributed by atoms with van der Waals surface area (Å²) in [5, 5.41) is 9.22. The minimum Gasteiger partial charge on any atom is -0.464 e. The standard InChI is InChI=1S/C9H18N2O3/c1-3-4-5-6-7-8(12)10-11(2)9(13)14/h3-7H2,1-2H3,(H,10,12)(H,13,14). The van der Waals surface area contributed by atoms with Crippen molar-refractivity contribution in [1.82, 2.24) is 10.4 Å². The number of amides is 2. The monoisotopic (exact) mass is 202 g/mol. The van der Waals surface area contributed by atoms with E-state index in [0.29, 0.717) is 6.42 Å². The van der Waals surface area contributed by atoms with Gasteiger partial charge in [0.25, 0.3) is 0 Å².